The second-order valence-corrected chi connectivity index (χ2v) is 7.18. The first-order valence-corrected chi connectivity index (χ1v) is 7.31. The van der Waals surface area contributed by atoms with E-state index in [2.05, 4.69) is 0 Å². The molecule has 0 saturated heterocycles. The van der Waals surface area contributed by atoms with Gasteiger partial charge in [-0.1, -0.05) is 35.3 Å². The lowest BCUT2D eigenvalue weighted by Crippen LogP contribution is -2.21. The average molecular weight is 314 g/mol. The number of aromatic nitrogens is 1. The van der Waals surface area contributed by atoms with Crippen LogP contribution in [0.25, 0.3) is 10.9 Å². The first-order valence-electron chi connectivity index (χ1n) is 5.74. The second kappa shape index (κ2) is 4.27. The number of alkyl halides is 2. The fraction of sp³-hybridized carbons (Fsp3) is 0.231. The van der Waals surface area contributed by atoms with Crippen molar-refractivity contribution in [1.29, 1.82) is 0 Å². The summed E-state index contributed by atoms with van der Waals surface area (Å²) >= 11 is 13.2. The van der Waals surface area contributed by atoms with E-state index in [9.17, 15) is 9.59 Å². The lowest BCUT2D eigenvalue weighted by atomic mass is 10.1. The lowest BCUT2D eigenvalue weighted by Gasteiger charge is -2.19. The average Bonchev–Trinajstić information content (AvgIpc) is 2.61. The number of nitrogens with zero attached hydrogens (tertiary/aromatic N) is 1. The summed E-state index contributed by atoms with van der Waals surface area (Å²) < 4.78 is 0.440. The molecule has 6 heteroatoms. The number of carbonyl (C=O) groups excluding carboxylic acids is 1. The van der Waals surface area contributed by atoms with E-state index in [4.69, 9.17) is 23.2 Å². The van der Waals surface area contributed by atoms with Crippen LogP contribution >= 0.6 is 35.0 Å². The molecule has 1 aromatic carbocycles. The summed E-state index contributed by atoms with van der Waals surface area (Å²) in [6, 6.07) is 7.16. The minimum absolute atomic E-state index is 0.107. The molecular formula is C13H9Cl2NO2S. The maximum absolute atomic E-state index is 12.4. The van der Waals surface area contributed by atoms with Crippen LogP contribution in [0.3, 0.4) is 0 Å². The molecule has 2 heterocycles. The quantitative estimate of drug-likeness (QED) is 0.756. The fourth-order valence-corrected chi connectivity index (χ4v) is 4.08. The number of benzene rings is 1. The van der Waals surface area contributed by atoms with Crippen LogP contribution in [0.4, 0.5) is 0 Å². The van der Waals surface area contributed by atoms with E-state index < -0.39 is 3.67 Å². The maximum atomic E-state index is 12.4. The lowest BCUT2D eigenvalue weighted by molar-refractivity contribution is 0.109. The highest BCUT2D eigenvalue weighted by Gasteiger charge is 2.46. The summed E-state index contributed by atoms with van der Waals surface area (Å²) in [5.41, 5.74) is 0.957. The highest BCUT2D eigenvalue weighted by atomic mass is 35.5. The van der Waals surface area contributed by atoms with Crippen LogP contribution in [0.5, 0.6) is 0 Å². The Hall–Kier alpha value is -0.970. The number of pyridine rings is 1. The number of hydrogen-bond donors (Lipinski definition) is 0. The van der Waals surface area contributed by atoms with Gasteiger partial charge in [0.05, 0.1) is 11.2 Å². The zero-order valence-corrected chi connectivity index (χ0v) is 12.3. The molecule has 3 rings (SSSR count). The zero-order valence-electron chi connectivity index (χ0n) is 9.94. The summed E-state index contributed by atoms with van der Waals surface area (Å²) in [6.07, 6.45) is 0. The molecule has 3 nitrogen and oxygen atoms in total. The number of aryl methyl sites for hydroxylation is 1. The Balaban J connectivity index is 2.59. The molecule has 98 valence electrons. The highest BCUT2D eigenvalue weighted by Crippen LogP contribution is 2.52. The number of para-hydroxylation sites is 1. The number of rotatable bonds is 1. The molecule has 1 aliphatic rings. The van der Waals surface area contributed by atoms with Crippen molar-refractivity contribution >= 4 is 51.0 Å². The Morgan fingerprint density at radius 3 is 2.63 bits per heavy atom. The summed E-state index contributed by atoms with van der Waals surface area (Å²) in [6.45, 7) is 2.51. The van der Waals surface area contributed by atoms with Gasteiger partial charge in [-0.2, -0.15) is 0 Å². The van der Waals surface area contributed by atoms with Gasteiger partial charge in [0.2, 0.25) is 14.2 Å². The Bertz CT molecular complexity index is 767. The molecule has 0 unspecified atom stereocenters. The SMILES string of the molecule is CCn1c2c(c(=O)c3ccccc31)C(=O)SC2(Cl)Cl. The van der Waals surface area contributed by atoms with Gasteiger partial charge in [0.25, 0.3) is 0 Å². The van der Waals surface area contributed by atoms with Gasteiger partial charge in [-0.05, 0) is 30.8 Å². The predicted octanol–water partition coefficient (Wildman–Crippen LogP) is 3.50. The molecule has 0 spiro atoms. The monoisotopic (exact) mass is 313 g/mol. The Labute approximate surface area is 123 Å². The van der Waals surface area contributed by atoms with Crippen molar-refractivity contribution in [1.82, 2.24) is 4.57 Å². The van der Waals surface area contributed by atoms with E-state index >= 15 is 0 Å². The molecule has 0 radical (unpaired) electrons. The van der Waals surface area contributed by atoms with E-state index in [1.54, 1.807) is 12.1 Å². The molecule has 2 aromatic rings. The van der Waals surface area contributed by atoms with Crippen LogP contribution in [0.1, 0.15) is 23.0 Å². The minimum atomic E-state index is -1.40. The summed E-state index contributed by atoms with van der Waals surface area (Å²) in [4.78, 5) is 24.4. The molecular weight excluding hydrogens is 305 g/mol. The summed E-state index contributed by atoms with van der Waals surface area (Å²) in [7, 11) is 0. The van der Waals surface area contributed by atoms with E-state index in [-0.39, 0.29) is 16.1 Å². The third kappa shape index (κ3) is 1.74. The molecule has 0 aliphatic carbocycles. The van der Waals surface area contributed by atoms with Crippen molar-refractivity contribution in [3.63, 3.8) is 0 Å². The van der Waals surface area contributed by atoms with E-state index in [0.29, 0.717) is 17.6 Å². The predicted molar refractivity (Wildman–Crippen MR) is 79.2 cm³/mol. The minimum Gasteiger partial charge on any atom is -0.341 e. The van der Waals surface area contributed by atoms with Gasteiger partial charge in [-0.3, -0.25) is 9.59 Å². The van der Waals surface area contributed by atoms with Crippen molar-refractivity contribution in [3.05, 3.63) is 45.7 Å². The van der Waals surface area contributed by atoms with Crippen molar-refractivity contribution in [3.8, 4) is 0 Å². The number of carbonyl (C=O) groups is 1. The van der Waals surface area contributed by atoms with Gasteiger partial charge >= 0.3 is 0 Å². The Morgan fingerprint density at radius 2 is 1.95 bits per heavy atom. The highest BCUT2D eigenvalue weighted by molar-refractivity contribution is 8.17. The largest absolute Gasteiger partial charge is 0.341 e. The number of thioether (sulfide) groups is 1. The molecule has 0 atom stereocenters. The smallest absolute Gasteiger partial charge is 0.228 e. The van der Waals surface area contributed by atoms with E-state index in [1.807, 2.05) is 23.6 Å². The molecule has 1 aromatic heterocycles. The van der Waals surface area contributed by atoms with Crippen molar-refractivity contribution in [2.24, 2.45) is 0 Å². The van der Waals surface area contributed by atoms with Gasteiger partial charge in [0, 0.05) is 11.9 Å². The standard InChI is InChI=1S/C13H9Cl2NO2S/c1-2-16-8-6-4-3-5-7(8)10(17)9-11(16)13(14,15)19-12(9)18/h3-6H,2H2,1H3. The van der Waals surface area contributed by atoms with Gasteiger partial charge in [-0.25, -0.2) is 0 Å². The van der Waals surface area contributed by atoms with Crippen molar-refractivity contribution < 1.29 is 4.79 Å². The van der Waals surface area contributed by atoms with Crippen LogP contribution in [0.15, 0.2) is 29.1 Å². The van der Waals surface area contributed by atoms with Gasteiger partial charge in [0.15, 0.2) is 0 Å². The van der Waals surface area contributed by atoms with E-state index in [0.717, 1.165) is 17.3 Å². The molecule has 19 heavy (non-hydrogen) atoms. The molecule has 1 aliphatic heterocycles. The van der Waals surface area contributed by atoms with Gasteiger partial charge in [-0.15, -0.1) is 0 Å². The van der Waals surface area contributed by atoms with Crippen LogP contribution in [-0.4, -0.2) is 9.68 Å². The summed E-state index contributed by atoms with van der Waals surface area (Å²) in [5, 5.41) is 0.154. The third-order valence-electron chi connectivity index (χ3n) is 3.19. The van der Waals surface area contributed by atoms with Crippen LogP contribution in [0, 0.1) is 0 Å². The molecule has 0 bridgehead atoms. The first-order chi connectivity index (χ1) is 8.97. The number of fused-ring (bicyclic) bond motifs is 2. The topological polar surface area (TPSA) is 39.1 Å². The summed E-state index contributed by atoms with van der Waals surface area (Å²) in [5.74, 6) is 0. The van der Waals surface area contributed by atoms with Gasteiger partial charge in [0.1, 0.15) is 5.56 Å². The Kier molecular flexibility index (Phi) is 2.93. The maximum Gasteiger partial charge on any atom is 0.228 e. The molecule has 0 N–H and O–H groups in total. The van der Waals surface area contributed by atoms with Crippen molar-refractivity contribution in [2.45, 2.75) is 17.1 Å². The molecule has 0 amide bonds. The van der Waals surface area contributed by atoms with E-state index in [1.165, 1.54) is 0 Å². The normalized spacial score (nSPS) is 16.9. The molecule has 0 saturated carbocycles. The van der Waals surface area contributed by atoms with Crippen LogP contribution < -0.4 is 5.43 Å². The third-order valence-corrected chi connectivity index (χ3v) is 4.85. The number of halogens is 2. The molecule has 0 fully saturated rings. The fourth-order valence-electron chi connectivity index (χ4n) is 2.43. The Morgan fingerprint density at radius 1 is 1.26 bits per heavy atom. The van der Waals surface area contributed by atoms with Crippen LogP contribution in [-0.2, 0) is 10.2 Å². The second-order valence-electron chi connectivity index (χ2n) is 4.22. The van der Waals surface area contributed by atoms with Crippen LogP contribution in [0.2, 0.25) is 0 Å². The zero-order chi connectivity index (χ0) is 13.8. The van der Waals surface area contributed by atoms with Crippen molar-refractivity contribution in [2.75, 3.05) is 0 Å². The first kappa shape index (κ1) is 13.0. The van der Waals surface area contributed by atoms with Gasteiger partial charge < -0.3 is 4.57 Å². The number of hydrogen-bond acceptors (Lipinski definition) is 3.